The van der Waals surface area contributed by atoms with Gasteiger partial charge in [0.25, 0.3) is 0 Å². The van der Waals surface area contributed by atoms with E-state index < -0.39 is 9.42 Å². The topological polar surface area (TPSA) is 42.2 Å². The van der Waals surface area contributed by atoms with Gasteiger partial charge in [-0.25, -0.2) is 4.79 Å². The first-order chi connectivity index (χ1) is 10.4. The van der Waals surface area contributed by atoms with Crippen molar-refractivity contribution in [3.8, 4) is 0 Å². The Kier molecular flexibility index (Phi) is 4.04. The van der Waals surface area contributed by atoms with Crippen molar-refractivity contribution in [2.75, 3.05) is 5.32 Å². The van der Waals surface area contributed by atoms with E-state index in [0.29, 0.717) is 16.5 Å². The number of hydrogen-bond acceptors (Lipinski definition) is 3. The van der Waals surface area contributed by atoms with Crippen molar-refractivity contribution < 1.29 is 4.42 Å². The number of alkyl halides is 3. The van der Waals surface area contributed by atoms with Crippen LogP contribution in [0.25, 0.3) is 11.0 Å². The lowest BCUT2D eigenvalue weighted by molar-refractivity contribution is 0.559. The molecule has 0 fully saturated rings. The van der Waals surface area contributed by atoms with Crippen LogP contribution in [0, 0.1) is 0 Å². The van der Waals surface area contributed by atoms with Gasteiger partial charge in [-0.1, -0.05) is 53.0 Å². The fourth-order valence-electron chi connectivity index (χ4n) is 2.16. The largest absolute Gasteiger partial charge is 0.423 e. The van der Waals surface area contributed by atoms with Crippen LogP contribution in [0.3, 0.4) is 0 Å². The fourth-order valence-corrected chi connectivity index (χ4v) is 2.63. The Bertz CT molecular complexity index is 870. The van der Waals surface area contributed by atoms with E-state index in [1.165, 1.54) is 6.07 Å². The van der Waals surface area contributed by atoms with Crippen molar-refractivity contribution in [1.82, 2.24) is 0 Å². The maximum atomic E-state index is 11.7. The lowest BCUT2D eigenvalue weighted by Gasteiger charge is -2.14. The van der Waals surface area contributed by atoms with E-state index in [1.807, 2.05) is 36.4 Å². The molecule has 2 aromatic carbocycles. The molecule has 0 aliphatic rings. The maximum Gasteiger partial charge on any atom is 0.336 e. The molecule has 0 spiro atoms. The minimum absolute atomic E-state index is 0.301. The lowest BCUT2D eigenvalue weighted by Crippen LogP contribution is -2.08. The van der Waals surface area contributed by atoms with E-state index >= 15 is 0 Å². The van der Waals surface area contributed by atoms with Gasteiger partial charge in [0.2, 0.25) is 3.79 Å². The van der Waals surface area contributed by atoms with E-state index in [9.17, 15) is 4.79 Å². The molecule has 0 radical (unpaired) electrons. The summed E-state index contributed by atoms with van der Waals surface area (Å²) in [6.45, 7) is 0. The second kappa shape index (κ2) is 5.84. The van der Waals surface area contributed by atoms with E-state index in [1.54, 1.807) is 12.1 Å². The first-order valence-corrected chi connectivity index (χ1v) is 7.54. The third-order valence-corrected chi connectivity index (χ3v) is 3.72. The van der Waals surface area contributed by atoms with Crippen molar-refractivity contribution in [3.63, 3.8) is 0 Å². The van der Waals surface area contributed by atoms with Gasteiger partial charge in [-0.15, -0.1) is 0 Å². The zero-order chi connectivity index (χ0) is 15.7. The van der Waals surface area contributed by atoms with Gasteiger partial charge in [0.1, 0.15) is 5.58 Å². The quantitative estimate of drug-likeness (QED) is 0.497. The van der Waals surface area contributed by atoms with Gasteiger partial charge < -0.3 is 9.73 Å². The van der Waals surface area contributed by atoms with Crippen molar-refractivity contribution in [1.29, 1.82) is 0 Å². The van der Waals surface area contributed by atoms with Crippen molar-refractivity contribution >= 4 is 57.1 Å². The second-order valence-corrected chi connectivity index (χ2v) is 6.96. The molecule has 22 heavy (non-hydrogen) atoms. The van der Waals surface area contributed by atoms with Crippen LogP contribution in [0.4, 0.5) is 11.4 Å². The summed E-state index contributed by atoms with van der Waals surface area (Å²) in [7, 11) is 0. The Morgan fingerprint density at radius 3 is 2.32 bits per heavy atom. The normalized spacial score (nSPS) is 11.6. The van der Waals surface area contributed by atoms with Crippen molar-refractivity contribution in [2.45, 2.75) is 3.79 Å². The molecule has 0 atom stereocenters. The summed E-state index contributed by atoms with van der Waals surface area (Å²) < 4.78 is 3.51. The number of rotatable bonds is 2. The van der Waals surface area contributed by atoms with Gasteiger partial charge in [-0.05, 0) is 24.3 Å². The van der Waals surface area contributed by atoms with Crippen LogP contribution in [0.5, 0.6) is 0 Å². The Labute approximate surface area is 141 Å². The fraction of sp³-hybridized carbons (Fsp3) is 0.0625. The Morgan fingerprint density at radius 2 is 1.64 bits per heavy atom. The van der Waals surface area contributed by atoms with Crippen LogP contribution in [0.2, 0.25) is 0 Å². The van der Waals surface area contributed by atoms with E-state index in [4.69, 9.17) is 39.2 Å². The summed E-state index contributed by atoms with van der Waals surface area (Å²) in [6.07, 6.45) is 0. The predicted octanol–water partition coefficient (Wildman–Crippen LogP) is 5.36. The molecule has 3 rings (SSSR count). The molecule has 3 aromatic rings. The molecule has 0 aliphatic carbocycles. The number of halogens is 3. The van der Waals surface area contributed by atoms with Crippen LogP contribution in [-0.4, -0.2) is 0 Å². The van der Waals surface area contributed by atoms with Gasteiger partial charge in [0.15, 0.2) is 0 Å². The van der Waals surface area contributed by atoms with Crippen LogP contribution in [0.1, 0.15) is 5.56 Å². The highest BCUT2D eigenvalue weighted by molar-refractivity contribution is 6.67. The van der Waals surface area contributed by atoms with Crippen LogP contribution >= 0.6 is 34.8 Å². The summed E-state index contributed by atoms with van der Waals surface area (Å²) in [5, 5.41) is 3.79. The van der Waals surface area contributed by atoms with Gasteiger partial charge in [0, 0.05) is 34.5 Å². The molecule has 6 heteroatoms. The van der Waals surface area contributed by atoms with E-state index in [-0.39, 0.29) is 0 Å². The highest BCUT2D eigenvalue weighted by Gasteiger charge is 2.26. The van der Waals surface area contributed by atoms with Crippen molar-refractivity contribution in [3.05, 3.63) is 70.6 Å². The minimum Gasteiger partial charge on any atom is -0.423 e. The minimum atomic E-state index is -1.69. The zero-order valence-corrected chi connectivity index (χ0v) is 13.4. The highest BCUT2D eigenvalue weighted by atomic mass is 35.6. The molecule has 0 bridgehead atoms. The summed E-state index contributed by atoms with van der Waals surface area (Å²) >= 11 is 17.7. The third-order valence-electron chi connectivity index (χ3n) is 3.11. The number of benzene rings is 2. The molecule has 1 aromatic heterocycles. The van der Waals surface area contributed by atoms with E-state index in [0.717, 1.165) is 11.4 Å². The Balaban J connectivity index is 2.09. The number of hydrogen-bond donors (Lipinski definition) is 1. The van der Waals surface area contributed by atoms with Gasteiger partial charge >= 0.3 is 5.63 Å². The van der Waals surface area contributed by atoms with Crippen LogP contribution in [-0.2, 0) is 3.79 Å². The van der Waals surface area contributed by atoms with E-state index in [2.05, 4.69) is 5.32 Å². The Morgan fingerprint density at radius 1 is 0.909 bits per heavy atom. The highest BCUT2D eigenvalue weighted by Crippen LogP contribution is 2.41. The zero-order valence-electron chi connectivity index (χ0n) is 11.1. The molecule has 0 saturated heterocycles. The van der Waals surface area contributed by atoms with Gasteiger partial charge in [0.05, 0.1) is 0 Å². The number of para-hydroxylation sites is 1. The second-order valence-electron chi connectivity index (χ2n) is 4.68. The smallest absolute Gasteiger partial charge is 0.336 e. The summed E-state index contributed by atoms with van der Waals surface area (Å²) in [5.74, 6) is 0. The number of nitrogens with one attached hydrogen (secondary N) is 1. The average Bonchev–Trinajstić information content (AvgIpc) is 2.46. The van der Waals surface area contributed by atoms with Crippen LogP contribution < -0.4 is 10.9 Å². The standard InChI is InChI=1S/C16H10Cl3NO2/c17-16(18,19)13-9-15(21)22-14-8-11(6-7-12(13)14)20-10-4-2-1-3-5-10/h1-9,20H. The molecule has 0 saturated carbocycles. The first kappa shape index (κ1) is 15.2. The molecule has 0 unspecified atom stereocenters. The summed E-state index contributed by atoms with van der Waals surface area (Å²) in [6, 6.07) is 16.1. The molecule has 0 amide bonds. The first-order valence-electron chi connectivity index (χ1n) is 6.41. The molecular formula is C16H10Cl3NO2. The molecule has 1 heterocycles. The predicted molar refractivity (Wildman–Crippen MR) is 91.4 cm³/mol. The number of anilines is 2. The number of fused-ring (bicyclic) bond motifs is 1. The molecule has 112 valence electrons. The van der Waals surface area contributed by atoms with Crippen LogP contribution in [0.15, 0.2) is 63.8 Å². The SMILES string of the molecule is O=c1cc(C(Cl)(Cl)Cl)c2ccc(Nc3ccccc3)cc2o1. The lowest BCUT2D eigenvalue weighted by atomic mass is 10.1. The Hall–Kier alpha value is -1.68. The molecule has 0 aliphatic heterocycles. The molecular weight excluding hydrogens is 345 g/mol. The maximum absolute atomic E-state index is 11.7. The molecule has 1 N–H and O–H groups in total. The average molecular weight is 355 g/mol. The van der Waals surface area contributed by atoms with Gasteiger partial charge in [-0.2, -0.15) is 0 Å². The van der Waals surface area contributed by atoms with Crippen molar-refractivity contribution in [2.24, 2.45) is 0 Å². The summed E-state index contributed by atoms with van der Waals surface area (Å²) in [5.41, 5.74) is 1.78. The third kappa shape index (κ3) is 3.22. The monoisotopic (exact) mass is 353 g/mol. The van der Waals surface area contributed by atoms with Gasteiger partial charge in [-0.3, -0.25) is 0 Å². The summed E-state index contributed by atoms with van der Waals surface area (Å²) in [4.78, 5) is 11.7. The molecule has 3 nitrogen and oxygen atoms in total.